The zero-order chi connectivity index (χ0) is 26.4. The van der Waals surface area contributed by atoms with Crippen molar-refractivity contribution in [1.82, 2.24) is 4.90 Å². The molecule has 0 atom stereocenters. The van der Waals surface area contributed by atoms with Crippen LogP contribution >= 0.6 is 39.3 Å². The van der Waals surface area contributed by atoms with Crippen LogP contribution in [-0.2, 0) is 14.3 Å². The largest absolute Gasteiger partial charge is 0.385 e. The standard InChI is InChI=1S/C27H23BrClN3O4S/c1-36-14-4-13-32-26(34)23(30-20-11-9-18(28)10-12-20)24(27(32)35)37-22-8-3-7-21(16-22)31-25(33)17-5-2-6-19(29)15-17/h2-3,5-12,15-16,30H,4,13-14H2,1H3,(H,31,33). The summed E-state index contributed by atoms with van der Waals surface area (Å²) < 4.78 is 5.98. The molecule has 0 unspecified atom stereocenters. The van der Waals surface area contributed by atoms with Crippen LogP contribution in [0.1, 0.15) is 16.8 Å². The van der Waals surface area contributed by atoms with Gasteiger partial charge < -0.3 is 15.4 Å². The highest BCUT2D eigenvalue weighted by Crippen LogP contribution is 2.37. The Labute approximate surface area is 232 Å². The van der Waals surface area contributed by atoms with Gasteiger partial charge in [0.1, 0.15) is 10.6 Å². The number of hydrogen-bond acceptors (Lipinski definition) is 6. The normalized spacial score (nSPS) is 13.3. The van der Waals surface area contributed by atoms with E-state index in [1.807, 2.05) is 30.3 Å². The van der Waals surface area contributed by atoms with Crippen molar-refractivity contribution in [2.75, 3.05) is 30.9 Å². The number of methoxy groups -OCH3 is 1. The molecular weight excluding hydrogens is 578 g/mol. The van der Waals surface area contributed by atoms with Gasteiger partial charge in [-0.3, -0.25) is 19.3 Å². The Balaban J connectivity index is 1.58. The molecule has 3 aromatic rings. The molecule has 190 valence electrons. The van der Waals surface area contributed by atoms with Crippen molar-refractivity contribution in [2.24, 2.45) is 0 Å². The number of thioether (sulfide) groups is 1. The second kappa shape index (κ2) is 12.4. The summed E-state index contributed by atoms with van der Waals surface area (Å²) in [6.07, 6.45) is 0.530. The molecular formula is C27H23BrClN3O4S. The zero-order valence-electron chi connectivity index (χ0n) is 19.8. The highest BCUT2D eigenvalue weighted by Gasteiger charge is 2.38. The number of hydrogen-bond donors (Lipinski definition) is 2. The monoisotopic (exact) mass is 599 g/mol. The van der Waals surface area contributed by atoms with Crippen LogP contribution in [0.5, 0.6) is 0 Å². The molecule has 0 saturated carbocycles. The maximum atomic E-state index is 13.3. The number of ether oxygens (including phenoxy) is 1. The minimum atomic E-state index is -0.392. The maximum absolute atomic E-state index is 13.3. The van der Waals surface area contributed by atoms with Crippen LogP contribution in [-0.4, -0.2) is 42.9 Å². The molecule has 10 heteroatoms. The first-order valence-corrected chi connectivity index (χ1v) is 13.3. The molecule has 2 N–H and O–H groups in total. The van der Waals surface area contributed by atoms with Crippen LogP contribution in [0.25, 0.3) is 0 Å². The molecule has 7 nitrogen and oxygen atoms in total. The van der Waals surface area contributed by atoms with Gasteiger partial charge >= 0.3 is 0 Å². The van der Waals surface area contributed by atoms with Crippen LogP contribution in [0.4, 0.5) is 11.4 Å². The highest BCUT2D eigenvalue weighted by molar-refractivity contribution is 9.10. The first-order chi connectivity index (χ1) is 17.9. The van der Waals surface area contributed by atoms with Crippen LogP contribution in [0.3, 0.4) is 0 Å². The van der Waals surface area contributed by atoms with E-state index in [0.717, 1.165) is 4.47 Å². The molecule has 0 radical (unpaired) electrons. The van der Waals surface area contributed by atoms with E-state index >= 15 is 0 Å². The van der Waals surface area contributed by atoms with Gasteiger partial charge in [0, 0.05) is 51.6 Å². The van der Waals surface area contributed by atoms with Gasteiger partial charge in [-0.25, -0.2) is 0 Å². The van der Waals surface area contributed by atoms with Gasteiger partial charge in [0.15, 0.2) is 0 Å². The van der Waals surface area contributed by atoms with Crippen LogP contribution < -0.4 is 10.6 Å². The Morgan fingerprint density at radius 3 is 2.49 bits per heavy atom. The number of carbonyl (C=O) groups is 3. The first-order valence-electron chi connectivity index (χ1n) is 11.3. The van der Waals surface area contributed by atoms with Crippen molar-refractivity contribution in [3.63, 3.8) is 0 Å². The molecule has 0 spiro atoms. The van der Waals surface area contributed by atoms with Crippen molar-refractivity contribution < 1.29 is 19.1 Å². The van der Waals surface area contributed by atoms with Gasteiger partial charge in [-0.1, -0.05) is 51.4 Å². The average Bonchev–Trinajstić information content (AvgIpc) is 3.09. The lowest BCUT2D eigenvalue weighted by molar-refractivity contribution is -0.137. The lowest BCUT2D eigenvalue weighted by Gasteiger charge is -2.14. The quantitative estimate of drug-likeness (QED) is 0.214. The number of anilines is 2. The number of rotatable bonds is 10. The van der Waals surface area contributed by atoms with Gasteiger partial charge in [-0.15, -0.1) is 0 Å². The van der Waals surface area contributed by atoms with Crippen molar-refractivity contribution in [3.8, 4) is 0 Å². The summed E-state index contributed by atoms with van der Waals surface area (Å²) in [5.74, 6) is -1.08. The summed E-state index contributed by atoms with van der Waals surface area (Å²) >= 11 is 10.6. The molecule has 3 aromatic carbocycles. The minimum Gasteiger partial charge on any atom is -0.385 e. The highest BCUT2D eigenvalue weighted by atomic mass is 79.9. The van der Waals surface area contributed by atoms with E-state index in [2.05, 4.69) is 26.6 Å². The maximum Gasteiger partial charge on any atom is 0.278 e. The van der Waals surface area contributed by atoms with E-state index in [1.54, 1.807) is 49.6 Å². The predicted octanol–water partition coefficient (Wildman–Crippen LogP) is 6.18. The number of nitrogens with zero attached hydrogens (tertiary/aromatic N) is 1. The van der Waals surface area contributed by atoms with E-state index in [1.165, 1.54) is 16.7 Å². The molecule has 0 fully saturated rings. The lowest BCUT2D eigenvalue weighted by Crippen LogP contribution is -2.33. The Bertz CT molecular complexity index is 1360. The third-order valence-corrected chi connectivity index (χ3v) is 7.20. The fourth-order valence-electron chi connectivity index (χ4n) is 3.59. The third-order valence-electron chi connectivity index (χ3n) is 5.37. The Morgan fingerprint density at radius 1 is 1.00 bits per heavy atom. The SMILES string of the molecule is COCCCN1C(=O)C(Nc2ccc(Br)cc2)=C(Sc2cccc(NC(=O)c3cccc(Cl)c3)c2)C1=O. The fraction of sp³-hybridized carbons (Fsp3) is 0.148. The van der Waals surface area contributed by atoms with Crippen LogP contribution in [0.2, 0.25) is 5.02 Å². The summed E-state index contributed by atoms with van der Waals surface area (Å²) in [4.78, 5) is 41.4. The number of nitrogens with one attached hydrogen (secondary N) is 2. The Hall–Kier alpha value is -3.11. The van der Waals surface area contributed by atoms with E-state index in [0.29, 0.717) is 39.9 Å². The van der Waals surface area contributed by atoms with E-state index in [9.17, 15) is 14.4 Å². The average molecular weight is 601 g/mol. The van der Waals surface area contributed by atoms with E-state index < -0.39 is 5.91 Å². The van der Waals surface area contributed by atoms with Crippen LogP contribution in [0, 0.1) is 0 Å². The molecule has 0 saturated heterocycles. The van der Waals surface area contributed by atoms with E-state index in [4.69, 9.17) is 16.3 Å². The Kier molecular flexibility index (Phi) is 9.04. The smallest absolute Gasteiger partial charge is 0.278 e. The molecule has 0 bridgehead atoms. The van der Waals surface area contributed by atoms with Gasteiger partial charge in [0.05, 0.1) is 0 Å². The summed E-state index contributed by atoms with van der Waals surface area (Å²) in [7, 11) is 1.58. The Morgan fingerprint density at radius 2 is 1.76 bits per heavy atom. The first kappa shape index (κ1) is 26.9. The zero-order valence-corrected chi connectivity index (χ0v) is 23.0. The topological polar surface area (TPSA) is 87.7 Å². The van der Waals surface area contributed by atoms with Crippen molar-refractivity contribution in [3.05, 3.63) is 98.5 Å². The van der Waals surface area contributed by atoms with Gasteiger partial charge in [0.2, 0.25) is 0 Å². The summed E-state index contributed by atoms with van der Waals surface area (Å²) in [5, 5.41) is 6.44. The molecule has 0 aromatic heterocycles. The third kappa shape index (κ3) is 6.81. The number of halogens is 2. The van der Waals surface area contributed by atoms with Crippen molar-refractivity contribution in [1.29, 1.82) is 0 Å². The van der Waals surface area contributed by atoms with Gasteiger partial charge in [-0.2, -0.15) is 0 Å². The number of benzene rings is 3. The van der Waals surface area contributed by atoms with Gasteiger partial charge in [0.25, 0.3) is 17.7 Å². The number of amides is 3. The second-order valence-electron chi connectivity index (χ2n) is 8.04. The molecule has 0 aliphatic carbocycles. The summed E-state index contributed by atoms with van der Waals surface area (Å²) in [6.45, 7) is 0.681. The lowest BCUT2D eigenvalue weighted by atomic mass is 10.2. The fourth-order valence-corrected chi connectivity index (χ4v) is 5.06. The molecule has 37 heavy (non-hydrogen) atoms. The van der Waals surface area contributed by atoms with Gasteiger partial charge in [-0.05, 0) is 67.1 Å². The van der Waals surface area contributed by atoms with E-state index in [-0.39, 0.29) is 29.0 Å². The molecule has 4 rings (SSSR count). The predicted molar refractivity (Wildman–Crippen MR) is 150 cm³/mol. The molecule has 3 amide bonds. The second-order valence-corrected chi connectivity index (χ2v) is 10.5. The summed E-state index contributed by atoms with van der Waals surface area (Å²) in [6, 6.07) is 21.1. The van der Waals surface area contributed by atoms with Crippen LogP contribution in [0.15, 0.2) is 92.8 Å². The van der Waals surface area contributed by atoms with Crippen molar-refractivity contribution in [2.45, 2.75) is 11.3 Å². The number of carbonyl (C=O) groups excluding carboxylic acids is 3. The number of imide groups is 1. The minimum absolute atomic E-state index is 0.211. The molecule has 1 aliphatic heterocycles. The van der Waals surface area contributed by atoms with Crippen molar-refractivity contribution >= 4 is 68.4 Å². The molecule has 1 aliphatic rings. The molecule has 1 heterocycles. The summed E-state index contributed by atoms with van der Waals surface area (Å²) in [5.41, 5.74) is 1.87.